The molecule has 1 aromatic carbocycles. The summed E-state index contributed by atoms with van der Waals surface area (Å²) in [5.41, 5.74) is 4.20. The zero-order valence-corrected chi connectivity index (χ0v) is 12.6. The largest absolute Gasteiger partial charge is 0.338 e. The highest BCUT2D eigenvalue weighted by Crippen LogP contribution is 2.30. The molecule has 0 unspecified atom stereocenters. The summed E-state index contributed by atoms with van der Waals surface area (Å²) in [6.07, 6.45) is 1.54. The Bertz CT molecular complexity index is 966. The summed E-state index contributed by atoms with van der Waals surface area (Å²) in [6, 6.07) is 5.74. The smallest absolute Gasteiger partial charge is 0.143 e. The predicted octanol–water partition coefficient (Wildman–Crippen LogP) is 1.90. The SMILES string of the molecule is Cc1nn(C)c(Cl)c1-c1nc2ccc(-n3cnnn3)cc2[nH]1. The van der Waals surface area contributed by atoms with Gasteiger partial charge in [-0.2, -0.15) is 5.10 Å². The Morgan fingerprint density at radius 3 is 2.82 bits per heavy atom. The lowest BCUT2D eigenvalue weighted by atomic mass is 10.2. The number of rotatable bonds is 2. The van der Waals surface area contributed by atoms with Gasteiger partial charge in [-0.15, -0.1) is 5.10 Å². The number of imidazole rings is 1. The minimum Gasteiger partial charge on any atom is -0.338 e. The van der Waals surface area contributed by atoms with Crippen molar-refractivity contribution in [2.75, 3.05) is 0 Å². The molecule has 110 valence electrons. The van der Waals surface area contributed by atoms with Gasteiger partial charge in [-0.1, -0.05) is 11.6 Å². The molecule has 0 radical (unpaired) electrons. The molecule has 9 heteroatoms. The van der Waals surface area contributed by atoms with Crippen molar-refractivity contribution in [2.45, 2.75) is 6.92 Å². The van der Waals surface area contributed by atoms with E-state index in [1.165, 1.54) is 0 Å². The fourth-order valence-corrected chi connectivity index (χ4v) is 2.70. The predicted molar refractivity (Wildman–Crippen MR) is 80.8 cm³/mol. The lowest BCUT2D eigenvalue weighted by Crippen LogP contribution is -1.94. The molecule has 3 heterocycles. The molecular weight excluding hydrogens is 304 g/mol. The second-order valence-electron chi connectivity index (χ2n) is 4.92. The van der Waals surface area contributed by atoms with E-state index in [1.807, 2.05) is 25.1 Å². The first kappa shape index (κ1) is 13.0. The molecule has 0 saturated heterocycles. The topological polar surface area (TPSA) is 90.1 Å². The van der Waals surface area contributed by atoms with Gasteiger partial charge in [-0.3, -0.25) is 4.68 Å². The van der Waals surface area contributed by atoms with Crippen molar-refractivity contribution in [1.82, 2.24) is 40.0 Å². The normalized spacial score (nSPS) is 11.4. The van der Waals surface area contributed by atoms with Crippen molar-refractivity contribution in [3.8, 4) is 17.1 Å². The zero-order chi connectivity index (χ0) is 15.3. The minimum atomic E-state index is 0.553. The summed E-state index contributed by atoms with van der Waals surface area (Å²) in [4.78, 5) is 7.86. The monoisotopic (exact) mass is 314 g/mol. The Morgan fingerprint density at radius 2 is 2.14 bits per heavy atom. The number of halogens is 1. The highest BCUT2D eigenvalue weighted by molar-refractivity contribution is 6.32. The Hall–Kier alpha value is -2.74. The van der Waals surface area contributed by atoms with Crippen LogP contribution in [0.2, 0.25) is 5.15 Å². The third-order valence-electron chi connectivity index (χ3n) is 3.47. The highest BCUT2D eigenvalue weighted by Gasteiger charge is 2.17. The molecule has 3 aromatic heterocycles. The number of nitrogens with one attached hydrogen (secondary N) is 1. The summed E-state index contributed by atoms with van der Waals surface area (Å²) in [5.74, 6) is 0.694. The maximum absolute atomic E-state index is 6.30. The maximum atomic E-state index is 6.30. The molecule has 0 aliphatic carbocycles. The number of aromatic amines is 1. The molecule has 0 saturated carbocycles. The van der Waals surface area contributed by atoms with E-state index in [4.69, 9.17) is 11.6 Å². The minimum absolute atomic E-state index is 0.553. The summed E-state index contributed by atoms with van der Waals surface area (Å²) in [6.45, 7) is 1.90. The van der Waals surface area contributed by atoms with E-state index < -0.39 is 0 Å². The lowest BCUT2D eigenvalue weighted by molar-refractivity contribution is 0.757. The van der Waals surface area contributed by atoms with Gasteiger partial charge in [-0.05, 0) is 35.5 Å². The van der Waals surface area contributed by atoms with Crippen LogP contribution in [0.3, 0.4) is 0 Å². The van der Waals surface area contributed by atoms with E-state index in [-0.39, 0.29) is 0 Å². The fourth-order valence-electron chi connectivity index (χ4n) is 2.44. The van der Waals surface area contributed by atoms with Gasteiger partial charge in [0.05, 0.1) is 28.0 Å². The fraction of sp³-hybridized carbons (Fsp3) is 0.154. The van der Waals surface area contributed by atoms with Crippen LogP contribution in [-0.4, -0.2) is 40.0 Å². The average Bonchev–Trinajstić information content (AvgIpc) is 3.19. The van der Waals surface area contributed by atoms with Crippen LogP contribution in [0.1, 0.15) is 5.69 Å². The second-order valence-corrected chi connectivity index (χ2v) is 5.27. The van der Waals surface area contributed by atoms with E-state index in [1.54, 1.807) is 22.7 Å². The number of benzene rings is 1. The van der Waals surface area contributed by atoms with Gasteiger partial charge >= 0.3 is 0 Å². The van der Waals surface area contributed by atoms with E-state index in [0.717, 1.165) is 28.0 Å². The van der Waals surface area contributed by atoms with Crippen LogP contribution in [-0.2, 0) is 7.05 Å². The number of aromatic nitrogens is 8. The summed E-state index contributed by atoms with van der Waals surface area (Å²) < 4.78 is 3.22. The molecule has 4 aromatic rings. The molecular formula is C13H11ClN8. The van der Waals surface area contributed by atoms with Gasteiger partial charge in [0.25, 0.3) is 0 Å². The molecule has 0 aliphatic rings. The quantitative estimate of drug-likeness (QED) is 0.610. The van der Waals surface area contributed by atoms with E-state index in [2.05, 4.69) is 30.6 Å². The molecule has 4 rings (SSSR count). The van der Waals surface area contributed by atoms with Crippen molar-refractivity contribution >= 4 is 22.6 Å². The summed E-state index contributed by atoms with van der Waals surface area (Å²) >= 11 is 6.30. The number of fused-ring (bicyclic) bond motifs is 1. The molecule has 0 aliphatic heterocycles. The zero-order valence-electron chi connectivity index (χ0n) is 11.8. The number of hydrogen-bond acceptors (Lipinski definition) is 5. The van der Waals surface area contributed by atoms with Gasteiger partial charge in [0, 0.05) is 7.05 Å². The van der Waals surface area contributed by atoms with Crippen LogP contribution in [0.15, 0.2) is 24.5 Å². The highest BCUT2D eigenvalue weighted by atomic mass is 35.5. The average molecular weight is 315 g/mol. The van der Waals surface area contributed by atoms with Crippen LogP contribution in [0.25, 0.3) is 28.1 Å². The van der Waals surface area contributed by atoms with Crippen LogP contribution in [0, 0.1) is 6.92 Å². The summed E-state index contributed by atoms with van der Waals surface area (Å²) in [5, 5.41) is 16.0. The number of tetrazole rings is 1. The molecule has 1 N–H and O–H groups in total. The number of hydrogen-bond donors (Lipinski definition) is 1. The first-order chi connectivity index (χ1) is 10.6. The van der Waals surface area contributed by atoms with Gasteiger partial charge in [-0.25, -0.2) is 9.67 Å². The van der Waals surface area contributed by atoms with Gasteiger partial charge < -0.3 is 4.98 Å². The van der Waals surface area contributed by atoms with Crippen molar-refractivity contribution in [3.63, 3.8) is 0 Å². The third kappa shape index (κ3) is 1.88. The Balaban J connectivity index is 1.87. The van der Waals surface area contributed by atoms with E-state index >= 15 is 0 Å². The van der Waals surface area contributed by atoms with Crippen LogP contribution >= 0.6 is 11.6 Å². The van der Waals surface area contributed by atoms with Gasteiger partial charge in [0.1, 0.15) is 17.3 Å². The lowest BCUT2D eigenvalue weighted by Gasteiger charge is -1.97. The molecule has 22 heavy (non-hydrogen) atoms. The molecule has 0 fully saturated rings. The molecule has 0 spiro atoms. The second kappa shape index (κ2) is 4.63. The third-order valence-corrected chi connectivity index (χ3v) is 3.90. The number of aryl methyl sites for hydroxylation is 2. The molecule has 0 bridgehead atoms. The van der Waals surface area contributed by atoms with E-state index in [9.17, 15) is 0 Å². The van der Waals surface area contributed by atoms with Crippen LogP contribution < -0.4 is 0 Å². The van der Waals surface area contributed by atoms with Gasteiger partial charge in [0.2, 0.25) is 0 Å². The number of H-pyrrole nitrogens is 1. The van der Waals surface area contributed by atoms with Crippen LogP contribution in [0.5, 0.6) is 0 Å². The maximum Gasteiger partial charge on any atom is 0.143 e. The van der Waals surface area contributed by atoms with Crippen molar-refractivity contribution in [1.29, 1.82) is 0 Å². The number of nitrogens with zero attached hydrogens (tertiary/aromatic N) is 7. The first-order valence-corrected chi connectivity index (χ1v) is 6.94. The summed E-state index contributed by atoms with van der Waals surface area (Å²) in [7, 11) is 1.80. The Kier molecular flexibility index (Phi) is 2.73. The molecule has 0 atom stereocenters. The van der Waals surface area contributed by atoms with Gasteiger partial charge in [0.15, 0.2) is 0 Å². The van der Waals surface area contributed by atoms with Crippen molar-refractivity contribution in [3.05, 3.63) is 35.4 Å². The van der Waals surface area contributed by atoms with Crippen molar-refractivity contribution in [2.24, 2.45) is 7.05 Å². The van der Waals surface area contributed by atoms with Crippen molar-refractivity contribution < 1.29 is 0 Å². The van der Waals surface area contributed by atoms with Crippen LogP contribution in [0.4, 0.5) is 0 Å². The standard InChI is InChI=1S/C13H11ClN8/c1-7-11(12(14)21(2)18-7)13-16-9-4-3-8(5-10(9)17-13)22-6-15-19-20-22/h3-6H,1-2H3,(H,16,17). The molecule has 0 amide bonds. The Morgan fingerprint density at radius 1 is 1.27 bits per heavy atom. The molecule has 8 nitrogen and oxygen atoms in total. The Labute approximate surface area is 129 Å². The van der Waals surface area contributed by atoms with E-state index in [0.29, 0.717) is 11.0 Å². The first-order valence-electron chi connectivity index (χ1n) is 6.56.